The normalized spacial score (nSPS) is 24.3. The maximum atomic E-state index is 12.6. The molecule has 1 amide bonds. The van der Waals surface area contributed by atoms with E-state index in [1.807, 2.05) is 17.0 Å². The van der Waals surface area contributed by atoms with Crippen LogP contribution in [0.15, 0.2) is 35.1 Å². The lowest BCUT2D eigenvalue weighted by Crippen LogP contribution is -2.29. The highest BCUT2D eigenvalue weighted by atomic mass is 16.5. The number of hydrogen-bond donors (Lipinski definition) is 0. The van der Waals surface area contributed by atoms with Crippen molar-refractivity contribution in [1.82, 2.24) is 15.0 Å². The van der Waals surface area contributed by atoms with Gasteiger partial charge in [-0.15, -0.1) is 0 Å². The molecule has 5 heteroatoms. The minimum absolute atomic E-state index is 0.00621. The molecular weight excluding hydrogens is 278 g/mol. The van der Waals surface area contributed by atoms with Crippen LogP contribution in [-0.4, -0.2) is 34.0 Å². The van der Waals surface area contributed by atoms with E-state index < -0.39 is 0 Å². The van der Waals surface area contributed by atoms with Crippen LogP contribution < -0.4 is 0 Å². The van der Waals surface area contributed by atoms with Crippen LogP contribution in [0.1, 0.15) is 36.2 Å². The molecule has 0 aromatic carbocycles. The fraction of sp³-hybridized carbons (Fsp3) is 0.471. The van der Waals surface area contributed by atoms with Gasteiger partial charge in [-0.3, -0.25) is 9.78 Å². The molecule has 114 valence electrons. The van der Waals surface area contributed by atoms with Crippen molar-refractivity contribution in [2.24, 2.45) is 11.8 Å². The lowest BCUT2D eigenvalue weighted by molar-refractivity contribution is 0.0773. The van der Waals surface area contributed by atoms with E-state index in [9.17, 15) is 4.79 Å². The maximum Gasteiger partial charge on any atom is 0.276 e. The van der Waals surface area contributed by atoms with Crippen molar-refractivity contribution in [3.63, 3.8) is 0 Å². The number of amides is 1. The van der Waals surface area contributed by atoms with Gasteiger partial charge in [-0.1, -0.05) is 18.0 Å². The molecule has 0 spiro atoms. The number of pyridine rings is 1. The van der Waals surface area contributed by atoms with Crippen LogP contribution in [0.3, 0.4) is 0 Å². The summed E-state index contributed by atoms with van der Waals surface area (Å²) < 4.78 is 5.31. The molecule has 0 bridgehead atoms. The fourth-order valence-corrected chi connectivity index (χ4v) is 3.75. The Morgan fingerprint density at radius 2 is 2.00 bits per heavy atom. The average Bonchev–Trinajstić information content (AvgIpc) is 3.22. The smallest absolute Gasteiger partial charge is 0.276 e. The number of hydrogen-bond acceptors (Lipinski definition) is 4. The second-order valence-electron chi connectivity index (χ2n) is 6.33. The summed E-state index contributed by atoms with van der Waals surface area (Å²) in [5, 5.41) is 3.96. The lowest BCUT2D eigenvalue weighted by atomic mass is 9.82. The molecule has 1 aliphatic carbocycles. The third-order valence-electron chi connectivity index (χ3n) is 4.94. The second-order valence-corrected chi connectivity index (χ2v) is 6.33. The molecule has 2 aliphatic rings. The zero-order valence-electron chi connectivity index (χ0n) is 12.4. The quantitative estimate of drug-likeness (QED) is 0.855. The van der Waals surface area contributed by atoms with Crippen molar-refractivity contribution in [1.29, 1.82) is 0 Å². The highest BCUT2D eigenvalue weighted by molar-refractivity contribution is 5.93. The largest absolute Gasteiger partial charge is 0.355 e. The average molecular weight is 297 g/mol. The van der Waals surface area contributed by atoms with Crippen LogP contribution in [0.4, 0.5) is 0 Å². The third kappa shape index (κ3) is 2.40. The maximum absolute atomic E-state index is 12.6. The van der Waals surface area contributed by atoms with Gasteiger partial charge in [-0.05, 0) is 36.8 Å². The van der Waals surface area contributed by atoms with E-state index in [4.69, 9.17) is 4.52 Å². The van der Waals surface area contributed by atoms with E-state index >= 15 is 0 Å². The Hall–Kier alpha value is -2.17. The summed E-state index contributed by atoms with van der Waals surface area (Å²) in [7, 11) is 0. The molecule has 2 aromatic heterocycles. The Kier molecular flexibility index (Phi) is 3.41. The first kappa shape index (κ1) is 13.5. The van der Waals surface area contributed by atoms with Crippen molar-refractivity contribution < 1.29 is 9.32 Å². The number of nitrogens with zero attached hydrogens (tertiary/aromatic N) is 3. The van der Waals surface area contributed by atoms with Gasteiger partial charge in [0, 0.05) is 37.1 Å². The highest BCUT2D eigenvalue weighted by Gasteiger charge is 2.37. The number of likely N-dealkylation sites (tertiary alicyclic amines) is 1. The summed E-state index contributed by atoms with van der Waals surface area (Å²) in [5.74, 6) is 1.95. The summed E-state index contributed by atoms with van der Waals surface area (Å²) >= 11 is 0. The zero-order chi connectivity index (χ0) is 14.9. The van der Waals surface area contributed by atoms with Gasteiger partial charge >= 0.3 is 0 Å². The van der Waals surface area contributed by atoms with Crippen LogP contribution in [-0.2, 0) is 0 Å². The summed E-state index contributed by atoms with van der Waals surface area (Å²) in [6.45, 7) is 1.75. The van der Waals surface area contributed by atoms with Crippen molar-refractivity contribution in [3.05, 3.63) is 36.3 Å². The van der Waals surface area contributed by atoms with Crippen LogP contribution in [0.2, 0.25) is 0 Å². The molecule has 0 N–H and O–H groups in total. The van der Waals surface area contributed by atoms with E-state index in [0.29, 0.717) is 23.3 Å². The summed E-state index contributed by atoms with van der Waals surface area (Å²) in [6.07, 6.45) is 8.54. The zero-order valence-corrected chi connectivity index (χ0v) is 12.4. The molecule has 0 radical (unpaired) electrons. The first-order valence-corrected chi connectivity index (χ1v) is 7.97. The first-order chi connectivity index (χ1) is 10.8. The number of carbonyl (C=O) groups is 1. The van der Waals surface area contributed by atoms with Gasteiger partial charge in [0.05, 0.1) is 0 Å². The fourth-order valence-electron chi connectivity index (χ4n) is 3.75. The summed E-state index contributed by atoms with van der Waals surface area (Å²) in [6, 6.07) is 5.46. The van der Waals surface area contributed by atoms with Gasteiger partial charge < -0.3 is 9.42 Å². The Bertz CT molecular complexity index is 654. The van der Waals surface area contributed by atoms with Gasteiger partial charge in [0.1, 0.15) is 0 Å². The van der Waals surface area contributed by atoms with E-state index in [1.165, 1.54) is 25.7 Å². The molecule has 1 aliphatic heterocycles. The molecule has 1 saturated heterocycles. The standard InChI is InChI=1S/C17H19N3O2/c21-17(20-10-13-4-1-2-5-14(13)11-20)15-8-16(22-19-15)12-6-3-7-18-9-12/h3,6-9,13-14H,1-2,4-5,10-11H2/t13-,14+. The van der Waals surface area contributed by atoms with E-state index in [1.54, 1.807) is 18.5 Å². The van der Waals surface area contributed by atoms with Gasteiger partial charge in [-0.25, -0.2) is 0 Å². The Balaban J connectivity index is 1.51. The van der Waals surface area contributed by atoms with Crippen molar-refractivity contribution >= 4 is 5.91 Å². The monoisotopic (exact) mass is 297 g/mol. The number of aromatic nitrogens is 2. The number of fused-ring (bicyclic) bond motifs is 1. The van der Waals surface area contributed by atoms with Gasteiger partial charge in [-0.2, -0.15) is 0 Å². The van der Waals surface area contributed by atoms with Crippen molar-refractivity contribution in [2.45, 2.75) is 25.7 Å². The SMILES string of the molecule is O=C(c1cc(-c2cccnc2)on1)N1C[C@H]2CCCC[C@H]2C1. The topological polar surface area (TPSA) is 59.2 Å². The molecule has 4 rings (SSSR count). The molecular formula is C17H19N3O2. The summed E-state index contributed by atoms with van der Waals surface area (Å²) in [4.78, 5) is 18.6. The van der Waals surface area contributed by atoms with Crippen LogP contribution in [0, 0.1) is 11.8 Å². The van der Waals surface area contributed by atoms with Crippen LogP contribution >= 0.6 is 0 Å². The molecule has 1 saturated carbocycles. The van der Waals surface area contributed by atoms with E-state index in [2.05, 4.69) is 10.1 Å². The minimum atomic E-state index is -0.00621. The molecule has 0 unspecified atom stereocenters. The lowest BCUT2D eigenvalue weighted by Gasteiger charge is -2.22. The Morgan fingerprint density at radius 3 is 2.68 bits per heavy atom. The minimum Gasteiger partial charge on any atom is -0.355 e. The van der Waals surface area contributed by atoms with E-state index in [0.717, 1.165) is 18.7 Å². The van der Waals surface area contributed by atoms with E-state index in [-0.39, 0.29) is 5.91 Å². The van der Waals surface area contributed by atoms with Crippen molar-refractivity contribution in [2.75, 3.05) is 13.1 Å². The first-order valence-electron chi connectivity index (χ1n) is 7.97. The number of rotatable bonds is 2. The van der Waals surface area contributed by atoms with Gasteiger partial charge in [0.2, 0.25) is 0 Å². The van der Waals surface area contributed by atoms with Crippen molar-refractivity contribution in [3.8, 4) is 11.3 Å². The Morgan fingerprint density at radius 1 is 1.23 bits per heavy atom. The van der Waals surface area contributed by atoms with Gasteiger partial charge in [0.15, 0.2) is 11.5 Å². The number of carbonyl (C=O) groups excluding carboxylic acids is 1. The predicted molar refractivity (Wildman–Crippen MR) is 81.1 cm³/mol. The highest BCUT2D eigenvalue weighted by Crippen LogP contribution is 2.36. The second kappa shape index (κ2) is 5.55. The van der Waals surface area contributed by atoms with Gasteiger partial charge in [0.25, 0.3) is 5.91 Å². The summed E-state index contributed by atoms with van der Waals surface area (Å²) in [5.41, 5.74) is 1.24. The molecule has 3 heterocycles. The molecule has 5 nitrogen and oxygen atoms in total. The molecule has 22 heavy (non-hydrogen) atoms. The Labute approximate surface area is 129 Å². The van der Waals surface area contributed by atoms with Crippen LogP contribution in [0.5, 0.6) is 0 Å². The van der Waals surface area contributed by atoms with Crippen LogP contribution in [0.25, 0.3) is 11.3 Å². The molecule has 2 aromatic rings. The predicted octanol–water partition coefficient (Wildman–Crippen LogP) is 3.00. The molecule has 2 atom stereocenters. The molecule has 2 fully saturated rings. The third-order valence-corrected chi connectivity index (χ3v) is 4.94.